The van der Waals surface area contributed by atoms with Crippen molar-refractivity contribution in [1.29, 1.82) is 0 Å². The second-order valence-corrected chi connectivity index (χ2v) is 7.80. The van der Waals surface area contributed by atoms with Crippen LogP contribution in [0.4, 0.5) is 9.93 Å². The number of anilines is 1. The van der Waals surface area contributed by atoms with Crippen molar-refractivity contribution >= 4 is 34.0 Å². The molecule has 2 amide bonds. The number of hydrogen-bond donors (Lipinski definition) is 1. The summed E-state index contributed by atoms with van der Waals surface area (Å²) in [7, 11) is 0. The Bertz CT molecular complexity index is 692. The average molecular weight is 367 g/mol. The number of aromatic nitrogens is 3. The Hall–Kier alpha value is -1.74. The van der Waals surface area contributed by atoms with Crippen LogP contribution < -0.4 is 10.2 Å². The summed E-state index contributed by atoms with van der Waals surface area (Å²) in [5.74, 6) is 0.891. The van der Waals surface area contributed by atoms with E-state index in [2.05, 4.69) is 31.5 Å². The van der Waals surface area contributed by atoms with Gasteiger partial charge in [-0.05, 0) is 13.8 Å². The molecule has 2 aromatic heterocycles. The standard InChI is InChI=1S/C15H22N6OS2/c1-4-12-18-15(24-19-12)21-7-5-20(6-8-21)14(22)17-11(3)13-16-9-10(2)23-13/h9,11H,4-8H2,1-3H3,(H,17,22). The molecule has 1 unspecified atom stereocenters. The first-order valence-corrected chi connectivity index (χ1v) is 9.71. The zero-order valence-corrected chi connectivity index (χ0v) is 15.8. The summed E-state index contributed by atoms with van der Waals surface area (Å²) in [5.41, 5.74) is 0. The second kappa shape index (κ2) is 7.43. The molecule has 0 aromatic carbocycles. The maximum absolute atomic E-state index is 12.4. The van der Waals surface area contributed by atoms with Crippen molar-refractivity contribution in [2.24, 2.45) is 0 Å². The van der Waals surface area contributed by atoms with Gasteiger partial charge in [0.2, 0.25) is 5.13 Å². The van der Waals surface area contributed by atoms with Crippen LogP contribution in [-0.4, -0.2) is 51.5 Å². The monoisotopic (exact) mass is 366 g/mol. The number of rotatable bonds is 4. The number of amides is 2. The Labute approximate surface area is 149 Å². The van der Waals surface area contributed by atoms with E-state index in [0.717, 1.165) is 40.4 Å². The fraction of sp³-hybridized carbons (Fsp3) is 0.600. The lowest BCUT2D eigenvalue weighted by Gasteiger charge is -2.34. The predicted octanol–water partition coefficient (Wildman–Crippen LogP) is 2.46. The Kier molecular flexibility index (Phi) is 5.30. The van der Waals surface area contributed by atoms with Crippen molar-refractivity contribution in [2.45, 2.75) is 33.2 Å². The van der Waals surface area contributed by atoms with E-state index in [-0.39, 0.29) is 12.1 Å². The second-order valence-electron chi connectivity index (χ2n) is 5.80. The molecule has 0 radical (unpaired) electrons. The summed E-state index contributed by atoms with van der Waals surface area (Å²) in [6, 6.07) is -0.0916. The molecule has 7 nitrogen and oxygen atoms in total. The first kappa shape index (κ1) is 17.1. The molecule has 1 N–H and O–H groups in total. The van der Waals surface area contributed by atoms with Crippen molar-refractivity contribution < 1.29 is 4.79 Å². The molecular formula is C15H22N6OS2. The van der Waals surface area contributed by atoms with Gasteiger partial charge in [-0.15, -0.1) is 11.3 Å². The maximum atomic E-state index is 12.4. The summed E-state index contributed by atoms with van der Waals surface area (Å²) < 4.78 is 4.33. The van der Waals surface area contributed by atoms with Gasteiger partial charge >= 0.3 is 6.03 Å². The highest BCUT2D eigenvalue weighted by Crippen LogP contribution is 2.21. The fourth-order valence-electron chi connectivity index (χ4n) is 2.53. The van der Waals surface area contributed by atoms with Gasteiger partial charge in [-0.2, -0.15) is 4.37 Å². The van der Waals surface area contributed by atoms with Gasteiger partial charge in [-0.3, -0.25) is 0 Å². The number of carbonyl (C=O) groups excluding carboxylic acids is 1. The van der Waals surface area contributed by atoms with Crippen molar-refractivity contribution in [3.05, 3.63) is 21.9 Å². The molecule has 1 saturated heterocycles. The first-order chi connectivity index (χ1) is 11.6. The van der Waals surface area contributed by atoms with Crippen molar-refractivity contribution in [2.75, 3.05) is 31.1 Å². The molecule has 1 aliphatic heterocycles. The SMILES string of the molecule is CCc1nsc(N2CCN(C(=O)NC(C)c3ncc(C)s3)CC2)n1. The lowest BCUT2D eigenvalue weighted by molar-refractivity contribution is 0.191. The molecule has 2 aromatic rings. The molecule has 0 saturated carbocycles. The molecule has 0 aliphatic carbocycles. The van der Waals surface area contributed by atoms with Gasteiger partial charge in [0, 0.05) is 55.2 Å². The Morgan fingerprint density at radius 1 is 1.38 bits per heavy atom. The maximum Gasteiger partial charge on any atom is 0.318 e. The number of thiazole rings is 1. The van der Waals surface area contributed by atoms with Gasteiger partial charge in [-0.1, -0.05) is 6.92 Å². The Morgan fingerprint density at radius 3 is 2.71 bits per heavy atom. The molecule has 24 heavy (non-hydrogen) atoms. The number of urea groups is 1. The van der Waals surface area contributed by atoms with Crippen LogP contribution in [0, 0.1) is 6.92 Å². The quantitative estimate of drug-likeness (QED) is 0.900. The van der Waals surface area contributed by atoms with Gasteiger partial charge in [-0.25, -0.2) is 14.8 Å². The van der Waals surface area contributed by atoms with Crippen LogP contribution in [0.3, 0.4) is 0 Å². The fourth-order valence-corrected chi connectivity index (χ4v) is 4.11. The van der Waals surface area contributed by atoms with Crippen molar-refractivity contribution in [3.8, 4) is 0 Å². The summed E-state index contributed by atoms with van der Waals surface area (Å²) in [6.45, 7) is 9.01. The smallest absolute Gasteiger partial charge is 0.318 e. The van der Waals surface area contributed by atoms with Crippen LogP contribution in [0.1, 0.15) is 35.6 Å². The highest BCUT2D eigenvalue weighted by Gasteiger charge is 2.24. The van der Waals surface area contributed by atoms with E-state index in [4.69, 9.17) is 0 Å². The van der Waals surface area contributed by atoms with Crippen LogP contribution in [-0.2, 0) is 6.42 Å². The van der Waals surface area contributed by atoms with Crippen LogP contribution >= 0.6 is 22.9 Å². The molecule has 1 atom stereocenters. The van der Waals surface area contributed by atoms with E-state index in [1.165, 1.54) is 11.5 Å². The van der Waals surface area contributed by atoms with Crippen LogP contribution in [0.5, 0.6) is 0 Å². The van der Waals surface area contributed by atoms with E-state index in [0.29, 0.717) is 13.1 Å². The van der Waals surface area contributed by atoms with Crippen LogP contribution in [0.25, 0.3) is 0 Å². The zero-order valence-electron chi connectivity index (χ0n) is 14.2. The lowest BCUT2D eigenvalue weighted by Crippen LogP contribution is -2.52. The highest BCUT2D eigenvalue weighted by atomic mass is 32.1. The Balaban J connectivity index is 1.51. The Morgan fingerprint density at radius 2 is 2.12 bits per heavy atom. The normalized spacial score (nSPS) is 16.3. The van der Waals surface area contributed by atoms with E-state index < -0.39 is 0 Å². The molecule has 9 heteroatoms. The number of nitrogens with one attached hydrogen (secondary N) is 1. The molecule has 0 spiro atoms. The molecule has 3 rings (SSSR count). The number of nitrogens with zero attached hydrogens (tertiary/aromatic N) is 5. The van der Waals surface area contributed by atoms with Crippen LogP contribution in [0.2, 0.25) is 0 Å². The van der Waals surface area contributed by atoms with E-state index in [1.807, 2.05) is 24.9 Å². The number of hydrogen-bond acceptors (Lipinski definition) is 7. The summed E-state index contributed by atoms with van der Waals surface area (Å²) in [5, 5.41) is 4.94. The third-order valence-electron chi connectivity index (χ3n) is 3.96. The van der Waals surface area contributed by atoms with E-state index >= 15 is 0 Å². The van der Waals surface area contributed by atoms with Crippen LogP contribution in [0.15, 0.2) is 6.20 Å². The topological polar surface area (TPSA) is 74.2 Å². The van der Waals surface area contributed by atoms with Gasteiger partial charge in [0.15, 0.2) is 0 Å². The molecule has 130 valence electrons. The van der Waals surface area contributed by atoms with Gasteiger partial charge in [0.25, 0.3) is 0 Å². The summed E-state index contributed by atoms with van der Waals surface area (Å²) in [6.07, 6.45) is 2.70. The minimum absolute atomic E-state index is 0.0264. The van der Waals surface area contributed by atoms with Crippen molar-refractivity contribution in [1.82, 2.24) is 24.6 Å². The number of piperazine rings is 1. The average Bonchev–Trinajstić information content (AvgIpc) is 3.23. The minimum Gasteiger partial charge on any atom is -0.343 e. The molecular weight excluding hydrogens is 344 g/mol. The summed E-state index contributed by atoms with van der Waals surface area (Å²) >= 11 is 3.06. The zero-order chi connectivity index (χ0) is 17.1. The van der Waals surface area contributed by atoms with Gasteiger partial charge < -0.3 is 15.1 Å². The lowest BCUT2D eigenvalue weighted by atomic mass is 10.3. The minimum atomic E-state index is -0.0653. The largest absolute Gasteiger partial charge is 0.343 e. The van der Waals surface area contributed by atoms with Gasteiger partial charge in [0.1, 0.15) is 10.8 Å². The molecule has 1 aliphatic rings. The highest BCUT2D eigenvalue weighted by molar-refractivity contribution is 7.11. The molecule has 0 bridgehead atoms. The third kappa shape index (κ3) is 3.84. The molecule has 3 heterocycles. The third-order valence-corrected chi connectivity index (χ3v) is 5.87. The number of aryl methyl sites for hydroxylation is 2. The molecule has 1 fully saturated rings. The van der Waals surface area contributed by atoms with E-state index in [9.17, 15) is 4.79 Å². The van der Waals surface area contributed by atoms with E-state index in [1.54, 1.807) is 11.3 Å². The predicted molar refractivity (Wildman–Crippen MR) is 96.9 cm³/mol. The number of carbonyl (C=O) groups is 1. The first-order valence-electron chi connectivity index (χ1n) is 8.12. The van der Waals surface area contributed by atoms with Crippen molar-refractivity contribution in [3.63, 3.8) is 0 Å². The summed E-state index contributed by atoms with van der Waals surface area (Å²) in [4.78, 5) is 26.5. The van der Waals surface area contributed by atoms with Gasteiger partial charge in [0.05, 0.1) is 6.04 Å².